The zero-order valence-electron chi connectivity index (χ0n) is 39.1. The summed E-state index contributed by atoms with van der Waals surface area (Å²) in [5, 5.41) is 21.5. The second-order valence-electron chi connectivity index (χ2n) is 17.1. The Morgan fingerprint density at radius 2 is 0.746 bits per heavy atom. The Kier molecular flexibility index (Phi) is 34.0. The van der Waals surface area contributed by atoms with Gasteiger partial charge < -0.3 is 90.3 Å². The minimum absolute atomic E-state index is 0.00346. The third kappa shape index (κ3) is 33.6. The van der Waals surface area contributed by atoms with Crippen LogP contribution in [0.5, 0.6) is 0 Å². The Labute approximate surface area is 396 Å². The van der Waals surface area contributed by atoms with Crippen molar-refractivity contribution in [1.82, 2.24) is 0 Å². The van der Waals surface area contributed by atoms with Crippen LogP contribution < -0.4 is 34.3 Å². The molecule has 26 heteroatoms. The predicted molar refractivity (Wildman–Crippen MR) is 229 cm³/mol. The topological polar surface area (TPSA) is 369 Å². The van der Waals surface area contributed by atoms with Crippen molar-refractivity contribution in [3.8, 4) is 0 Å². The van der Waals surface area contributed by atoms with Crippen molar-refractivity contribution >= 4 is 43.2 Å². The van der Waals surface area contributed by atoms with E-state index in [-0.39, 0.29) is 12.8 Å². The number of ether oxygens (including phenoxy) is 2. The summed E-state index contributed by atoms with van der Waals surface area (Å²) in [7, 11) is -25.1. The molecular formula is C41H75O22P4-7. The third-order valence-corrected chi connectivity index (χ3v) is 13.6. The highest BCUT2D eigenvalue weighted by Crippen LogP contribution is 2.49. The first-order chi connectivity index (χ1) is 31.5. The SMILES string of the molecule is CCCCCCCCCCCCCCCC(=O)OCC(COP(=O)([O-])OC1[C@H](O)[C@H](OP(=O)([O-])[O-])C(OP(=O)([O-])[O-])[C@H](OP(=O)([O-])[O-])[C@H]1O)OC(=O)CCCCCCCCCCCCCCC. The van der Waals surface area contributed by atoms with Crippen molar-refractivity contribution in [3.05, 3.63) is 0 Å². The van der Waals surface area contributed by atoms with Gasteiger partial charge in [-0.1, -0.05) is 168 Å². The molecule has 0 amide bonds. The minimum Gasteiger partial charge on any atom is -0.790 e. The van der Waals surface area contributed by atoms with Crippen LogP contribution in [0.25, 0.3) is 0 Å². The number of carbonyl (C=O) groups excluding carboxylic acids is 2. The first-order valence-corrected chi connectivity index (χ1v) is 29.8. The molecule has 0 saturated heterocycles. The van der Waals surface area contributed by atoms with Gasteiger partial charge in [0.05, 0.1) is 30.1 Å². The number of rotatable bonds is 42. The Morgan fingerprint density at radius 1 is 0.433 bits per heavy atom. The highest BCUT2D eigenvalue weighted by molar-refractivity contribution is 7.46. The lowest BCUT2D eigenvalue weighted by atomic mass is 9.85. The van der Waals surface area contributed by atoms with Crippen molar-refractivity contribution < 1.29 is 104 Å². The fourth-order valence-electron chi connectivity index (χ4n) is 7.64. The summed E-state index contributed by atoms with van der Waals surface area (Å²) < 4.78 is 79.5. The van der Waals surface area contributed by atoms with E-state index in [1.807, 2.05) is 0 Å². The smallest absolute Gasteiger partial charge is 0.306 e. The number of carbonyl (C=O) groups is 2. The van der Waals surface area contributed by atoms with Gasteiger partial charge in [0.15, 0.2) is 6.10 Å². The van der Waals surface area contributed by atoms with Gasteiger partial charge in [0, 0.05) is 12.8 Å². The molecule has 0 aromatic heterocycles. The molecule has 0 spiro atoms. The summed E-state index contributed by atoms with van der Waals surface area (Å²) in [6.45, 7) is 2.55. The van der Waals surface area contributed by atoms with Crippen molar-refractivity contribution in [2.75, 3.05) is 13.2 Å². The predicted octanol–water partition coefficient (Wildman–Crippen LogP) is 3.65. The van der Waals surface area contributed by atoms with Crippen LogP contribution >= 0.6 is 31.3 Å². The molecule has 0 bridgehead atoms. The highest BCUT2D eigenvalue weighted by Gasteiger charge is 2.55. The zero-order valence-corrected chi connectivity index (χ0v) is 42.7. The fraction of sp³-hybridized carbons (Fsp3) is 0.951. The van der Waals surface area contributed by atoms with Gasteiger partial charge in [0.2, 0.25) is 0 Å². The summed E-state index contributed by atoms with van der Waals surface area (Å²) >= 11 is 0. The molecule has 0 aromatic carbocycles. The largest absolute Gasteiger partial charge is 0.790 e. The van der Waals surface area contributed by atoms with E-state index < -0.39 is 99.2 Å². The molecule has 8 atom stereocenters. The molecule has 1 fully saturated rings. The van der Waals surface area contributed by atoms with Crippen molar-refractivity contribution in [1.29, 1.82) is 0 Å². The van der Waals surface area contributed by atoms with Crippen molar-refractivity contribution in [2.45, 2.75) is 236 Å². The third-order valence-electron chi connectivity index (χ3n) is 11.1. The molecule has 0 radical (unpaired) electrons. The van der Waals surface area contributed by atoms with Gasteiger partial charge in [-0.2, -0.15) is 0 Å². The average Bonchev–Trinajstić information content (AvgIpc) is 3.22. The van der Waals surface area contributed by atoms with E-state index in [1.54, 1.807) is 0 Å². The molecule has 0 aromatic rings. The summed E-state index contributed by atoms with van der Waals surface area (Å²) in [6, 6.07) is 0. The number of phosphoric ester groups is 4. The molecule has 1 saturated carbocycles. The van der Waals surface area contributed by atoms with Crippen molar-refractivity contribution in [3.63, 3.8) is 0 Å². The number of esters is 2. The maximum Gasteiger partial charge on any atom is 0.306 e. The molecule has 4 unspecified atom stereocenters. The van der Waals surface area contributed by atoms with E-state index in [0.717, 1.165) is 57.8 Å². The van der Waals surface area contributed by atoms with E-state index in [2.05, 4.69) is 31.9 Å². The van der Waals surface area contributed by atoms with Crippen LogP contribution in [0.3, 0.4) is 0 Å². The van der Waals surface area contributed by atoms with Gasteiger partial charge in [-0.3, -0.25) is 14.2 Å². The normalized spacial score (nSPS) is 21.8. The lowest BCUT2D eigenvalue weighted by molar-refractivity contribution is -0.373. The van der Waals surface area contributed by atoms with Gasteiger partial charge >= 0.3 is 11.9 Å². The first kappa shape index (κ1) is 64.3. The number of unbranched alkanes of at least 4 members (excludes halogenated alkanes) is 24. The van der Waals surface area contributed by atoms with Crippen LogP contribution in [0.4, 0.5) is 0 Å². The summed E-state index contributed by atoms with van der Waals surface area (Å²) in [6.07, 6.45) is 8.20. The summed E-state index contributed by atoms with van der Waals surface area (Å²) in [4.78, 5) is 107. The Bertz CT molecular complexity index is 1480. The van der Waals surface area contributed by atoms with E-state index in [9.17, 15) is 72.3 Å². The van der Waals surface area contributed by atoms with Crippen LogP contribution in [0.1, 0.15) is 194 Å². The Morgan fingerprint density at radius 3 is 1.09 bits per heavy atom. The molecule has 22 nitrogen and oxygen atoms in total. The van der Waals surface area contributed by atoms with E-state index in [4.69, 9.17) is 14.0 Å². The van der Waals surface area contributed by atoms with Crippen LogP contribution in [0.15, 0.2) is 0 Å². The minimum atomic E-state index is -6.37. The fourth-order valence-corrected chi connectivity index (χ4v) is 10.2. The maximum absolute atomic E-state index is 13.1. The Balaban J connectivity index is 2.91. The highest BCUT2D eigenvalue weighted by atomic mass is 31.2. The lowest BCUT2D eigenvalue weighted by Gasteiger charge is -2.52. The zero-order chi connectivity index (χ0) is 50.4. The molecule has 0 aliphatic heterocycles. The monoisotopic (exact) mass is 1040 g/mol. The van der Waals surface area contributed by atoms with Crippen molar-refractivity contribution in [2.24, 2.45) is 0 Å². The van der Waals surface area contributed by atoms with Crippen LogP contribution in [-0.4, -0.2) is 78.1 Å². The molecule has 2 N–H and O–H groups in total. The maximum atomic E-state index is 13.1. The molecule has 0 heterocycles. The van der Waals surface area contributed by atoms with Gasteiger partial charge in [-0.25, -0.2) is 0 Å². The van der Waals surface area contributed by atoms with Gasteiger partial charge in [-0.05, 0) is 12.8 Å². The van der Waals surface area contributed by atoms with Crippen LogP contribution in [-0.2, 0) is 59.9 Å². The molecule has 1 rings (SSSR count). The first-order valence-electron chi connectivity index (χ1n) is 23.9. The summed E-state index contributed by atoms with van der Waals surface area (Å²) in [5.74, 6) is -1.49. The number of phosphoric acid groups is 4. The number of hydrogen-bond acceptors (Lipinski definition) is 22. The van der Waals surface area contributed by atoms with Gasteiger partial charge in [0.25, 0.3) is 7.82 Å². The molecule has 1 aliphatic carbocycles. The second-order valence-corrected chi connectivity index (χ2v) is 21.8. The van der Waals surface area contributed by atoms with Gasteiger partial charge in [-0.15, -0.1) is 0 Å². The van der Waals surface area contributed by atoms with Crippen LogP contribution in [0.2, 0.25) is 0 Å². The molecule has 398 valence electrons. The average molecular weight is 1040 g/mol. The quantitative estimate of drug-likeness (QED) is 0.0500. The Hall–Kier alpha value is -0.700. The second kappa shape index (κ2) is 35.4. The number of aliphatic hydroxyl groups excluding tert-OH is 2. The standard InChI is InChI=1S/C41H82O22P4/c1-3-5-7-9-11-13-15-17-19-21-23-25-27-29-34(42)57-31-33(59-35(43)30-28-26-24-22-20-18-16-14-12-10-8-6-4-2)32-58-67(55,56)63-38-36(44)39(60-64(46,47)48)41(62-66(52,53)54)40(37(38)45)61-65(49,50)51/h33,36-41,44-45H,3-32H2,1-2H3,(H,55,56)(H2,46,47,48)(H2,49,50,51)(H2,52,53,54)/p-7/t33?,36-,37-,38?,39-,40+,41?/m0/s1. The molecule has 1 aliphatic rings. The lowest BCUT2D eigenvalue weighted by Crippen LogP contribution is -2.66. The van der Waals surface area contributed by atoms with E-state index in [1.165, 1.54) is 89.9 Å². The molecular weight excluding hydrogens is 968 g/mol. The van der Waals surface area contributed by atoms with E-state index in [0.29, 0.717) is 19.3 Å². The van der Waals surface area contributed by atoms with E-state index >= 15 is 0 Å². The van der Waals surface area contributed by atoms with Crippen LogP contribution in [0, 0.1) is 0 Å². The molecule has 67 heavy (non-hydrogen) atoms. The van der Waals surface area contributed by atoms with Gasteiger partial charge in [0.1, 0.15) is 43.2 Å². The number of aliphatic hydroxyl groups is 2. The summed E-state index contributed by atoms with van der Waals surface area (Å²) in [5.41, 5.74) is 0. The number of hydrogen-bond donors (Lipinski definition) is 2.